The Morgan fingerprint density at radius 2 is 1.76 bits per heavy atom. The molecule has 1 rings (SSSR count). The number of hydrogen-bond donors (Lipinski definition) is 1. The molecule has 0 bridgehead atoms. The van der Waals surface area contributed by atoms with Crippen molar-refractivity contribution in [2.75, 3.05) is 13.2 Å². The van der Waals surface area contributed by atoms with Crippen LogP contribution in [0.4, 0.5) is 0 Å². The van der Waals surface area contributed by atoms with Crippen LogP contribution in [0.5, 0.6) is 5.75 Å². The fourth-order valence-corrected chi connectivity index (χ4v) is 1.96. The second-order valence-electron chi connectivity index (χ2n) is 4.93. The van der Waals surface area contributed by atoms with Gasteiger partial charge in [-0.3, -0.25) is 0 Å². The molecule has 0 heterocycles. The predicted molar refractivity (Wildman–Crippen MR) is 74.0 cm³/mol. The third-order valence-electron chi connectivity index (χ3n) is 2.66. The van der Waals surface area contributed by atoms with E-state index in [0.717, 1.165) is 12.8 Å². The van der Waals surface area contributed by atoms with Crippen LogP contribution < -0.4 is 10.5 Å². The van der Waals surface area contributed by atoms with E-state index in [2.05, 4.69) is 13.8 Å². The first-order valence-electron chi connectivity index (χ1n) is 5.72. The summed E-state index contributed by atoms with van der Waals surface area (Å²) in [5.41, 5.74) is 5.84. The van der Waals surface area contributed by atoms with Gasteiger partial charge in [0, 0.05) is 10.0 Å². The van der Waals surface area contributed by atoms with Crippen LogP contribution in [-0.2, 0) is 0 Å². The minimum absolute atomic E-state index is 0.176. The van der Waals surface area contributed by atoms with Crippen LogP contribution in [0.15, 0.2) is 18.2 Å². The standard InChI is InChI=1S/C13H19Cl2NO/c1-13(2,9-16)4-3-5-17-12-7-10(14)6-11(15)8-12/h6-8H,3-5,9,16H2,1-2H3. The van der Waals surface area contributed by atoms with Gasteiger partial charge >= 0.3 is 0 Å². The second-order valence-corrected chi connectivity index (χ2v) is 5.80. The van der Waals surface area contributed by atoms with Gasteiger partial charge in [0.1, 0.15) is 5.75 Å². The minimum Gasteiger partial charge on any atom is -0.493 e. The summed E-state index contributed by atoms with van der Waals surface area (Å²) in [6.45, 7) is 5.66. The molecular formula is C13H19Cl2NO. The van der Waals surface area contributed by atoms with Gasteiger partial charge in [-0.2, -0.15) is 0 Å². The second kappa shape index (κ2) is 6.48. The zero-order valence-corrected chi connectivity index (χ0v) is 11.8. The van der Waals surface area contributed by atoms with E-state index in [9.17, 15) is 0 Å². The smallest absolute Gasteiger partial charge is 0.122 e. The number of rotatable bonds is 6. The molecule has 0 fully saturated rings. The van der Waals surface area contributed by atoms with E-state index in [1.807, 2.05) is 0 Å². The van der Waals surface area contributed by atoms with E-state index >= 15 is 0 Å². The Morgan fingerprint density at radius 1 is 1.18 bits per heavy atom. The Bertz CT molecular complexity index is 346. The minimum atomic E-state index is 0.176. The molecule has 0 aliphatic heterocycles. The summed E-state index contributed by atoms with van der Waals surface area (Å²) in [6, 6.07) is 5.22. The Balaban J connectivity index is 2.36. The Labute approximate surface area is 113 Å². The van der Waals surface area contributed by atoms with Crippen molar-refractivity contribution in [3.05, 3.63) is 28.2 Å². The predicted octanol–water partition coefficient (Wildman–Crippen LogP) is 4.14. The van der Waals surface area contributed by atoms with Gasteiger partial charge in [0.15, 0.2) is 0 Å². The Kier molecular flexibility index (Phi) is 5.57. The highest BCUT2D eigenvalue weighted by atomic mass is 35.5. The molecule has 0 unspecified atom stereocenters. The van der Waals surface area contributed by atoms with Gasteiger partial charge in [0.2, 0.25) is 0 Å². The summed E-state index contributed by atoms with van der Waals surface area (Å²) in [6.07, 6.45) is 2.01. The maximum Gasteiger partial charge on any atom is 0.122 e. The van der Waals surface area contributed by atoms with Crippen molar-refractivity contribution >= 4 is 23.2 Å². The lowest BCUT2D eigenvalue weighted by Gasteiger charge is -2.21. The van der Waals surface area contributed by atoms with Crippen molar-refractivity contribution in [2.24, 2.45) is 11.1 Å². The lowest BCUT2D eigenvalue weighted by molar-refractivity contribution is 0.261. The number of ether oxygens (including phenoxy) is 1. The van der Waals surface area contributed by atoms with Gasteiger partial charge in [-0.05, 0) is 43.0 Å². The van der Waals surface area contributed by atoms with Crippen LogP contribution >= 0.6 is 23.2 Å². The van der Waals surface area contributed by atoms with E-state index in [1.165, 1.54) is 0 Å². The van der Waals surface area contributed by atoms with E-state index in [1.54, 1.807) is 18.2 Å². The molecule has 0 atom stereocenters. The fourth-order valence-electron chi connectivity index (χ4n) is 1.45. The first kappa shape index (κ1) is 14.6. The van der Waals surface area contributed by atoms with Crippen LogP contribution in [0, 0.1) is 5.41 Å². The molecule has 0 aliphatic rings. The molecule has 17 heavy (non-hydrogen) atoms. The van der Waals surface area contributed by atoms with E-state index in [0.29, 0.717) is 28.9 Å². The van der Waals surface area contributed by atoms with E-state index in [-0.39, 0.29) is 5.41 Å². The quantitative estimate of drug-likeness (QED) is 0.792. The molecule has 96 valence electrons. The number of hydrogen-bond acceptors (Lipinski definition) is 2. The lowest BCUT2D eigenvalue weighted by Crippen LogP contribution is -2.23. The summed E-state index contributed by atoms with van der Waals surface area (Å²) < 4.78 is 5.60. The molecule has 0 saturated heterocycles. The maximum absolute atomic E-state index is 5.88. The van der Waals surface area contributed by atoms with Crippen LogP contribution in [0.2, 0.25) is 10.0 Å². The van der Waals surface area contributed by atoms with Gasteiger partial charge < -0.3 is 10.5 Å². The highest BCUT2D eigenvalue weighted by Gasteiger charge is 2.14. The number of halogens is 2. The summed E-state index contributed by atoms with van der Waals surface area (Å²) in [5, 5.41) is 1.18. The first-order chi connectivity index (χ1) is 7.93. The van der Waals surface area contributed by atoms with E-state index < -0.39 is 0 Å². The molecule has 0 aromatic heterocycles. The zero-order valence-electron chi connectivity index (χ0n) is 10.3. The molecule has 2 nitrogen and oxygen atoms in total. The van der Waals surface area contributed by atoms with Crippen molar-refractivity contribution < 1.29 is 4.74 Å². The van der Waals surface area contributed by atoms with Crippen LogP contribution in [0.3, 0.4) is 0 Å². The summed E-state index contributed by atoms with van der Waals surface area (Å²) in [7, 11) is 0. The van der Waals surface area contributed by atoms with Gasteiger partial charge in [-0.15, -0.1) is 0 Å². The van der Waals surface area contributed by atoms with Gasteiger partial charge in [-0.25, -0.2) is 0 Å². The molecule has 0 radical (unpaired) electrons. The average molecular weight is 276 g/mol. The topological polar surface area (TPSA) is 35.2 Å². The maximum atomic E-state index is 5.88. The molecule has 1 aromatic carbocycles. The summed E-state index contributed by atoms with van der Waals surface area (Å²) in [5.74, 6) is 0.716. The highest BCUT2D eigenvalue weighted by molar-refractivity contribution is 6.34. The van der Waals surface area contributed by atoms with Gasteiger partial charge in [0.25, 0.3) is 0 Å². The average Bonchev–Trinajstić information content (AvgIpc) is 2.23. The lowest BCUT2D eigenvalue weighted by atomic mass is 9.88. The zero-order chi connectivity index (χ0) is 12.9. The molecule has 0 aliphatic carbocycles. The molecule has 4 heteroatoms. The van der Waals surface area contributed by atoms with Gasteiger partial charge in [0.05, 0.1) is 6.61 Å². The van der Waals surface area contributed by atoms with Crippen molar-refractivity contribution in [3.8, 4) is 5.75 Å². The van der Waals surface area contributed by atoms with Crippen LogP contribution in [-0.4, -0.2) is 13.2 Å². The van der Waals surface area contributed by atoms with Crippen LogP contribution in [0.25, 0.3) is 0 Å². The summed E-state index contributed by atoms with van der Waals surface area (Å²) >= 11 is 11.8. The Morgan fingerprint density at radius 3 is 2.29 bits per heavy atom. The molecule has 0 saturated carbocycles. The molecular weight excluding hydrogens is 257 g/mol. The highest BCUT2D eigenvalue weighted by Crippen LogP contribution is 2.25. The first-order valence-corrected chi connectivity index (χ1v) is 6.47. The van der Waals surface area contributed by atoms with Crippen molar-refractivity contribution in [1.82, 2.24) is 0 Å². The van der Waals surface area contributed by atoms with Gasteiger partial charge in [-0.1, -0.05) is 37.0 Å². The SMILES string of the molecule is CC(C)(CN)CCCOc1cc(Cl)cc(Cl)c1. The van der Waals surface area contributed by atoms with Crippen molar-refractivity contribution in [2.45, 2.75) is 26.7 Å². The monoisotopic (exact) mass is 275 g/mol. The van der Waals surface area contributed by atoms with Crippen molar-refractivity contribution in [3.63, 3.8) is 0 Å². The Hall–Kier alpha value is -0.440. The number of benzene rings is 1. The van der Waals surface area contributed by atoms with E-state index in [4.69, 9.17) is 33.7 Å². The summed E-state index contributed by atoms with van der Waals surface area (Å²) in [4.78, 5) is 0. The fraction of sp³-hybridized carbons (Fsp3) is 0.538. The molecule has 2 N–H and O–H groups in total. The van der Waals surface area contributed by atoms with Crippen LogP contribution in [0.1, 0.15) is 26.7 Å². The van der Waals surface area contributed by atoms with Crippen molar-refractivity contribution in [1.29, 1.82) is 0 Å². The largest absolute Gasteiger partial charge is 0.493 e. The molecule has 1 aromatic rings. The normalized spacial score (nSPS) is 11.6. The third kappa shape index (κ3) is 5.62. The number of nitrogens with two attached hydrogens (primary N) is 1. The third-order valence-corrected chi connectivity index (χ3v) is 3.09. The molecule has 0 spiro atoms. The molecule has 0 amide bonds.